The van der Waals surface area contributed by atoms with Crippen molar-refractivity contribution in [3.05, 3.63) is 29.8 Å². The van der Waals surface area contributed by atoms with Crippen molar-refractivity contribution in [1.82, 2.24) is 0 Å². The molecule has 0 amide bonds. The lowest BCUT2D eigenvalue weighted by Crippen LogP contribution is -2.27. The molecular formula is C12H13O2. The molecule has 2 rings (SSSR count). The quantitative estimate of drug-likeness (QED) is 0.676. The first kappa shape index (κ1) is 9.13. The van der Waals surface area contributed by atoms with Crippen LogP contribution in [0.5, 0.6) is 11.5 Å². The van der Waals surface area contributed by atoms with Gasteiger partial charge in [0.1, 0.15) is 17.1 Å². The van der Waals surface area contributed by atoms with Gasteiger partial charge in [0.2, 0.25) is 0 Å². The number of ether oxygens (including phenoxy) is 2. The van der Waals surface area contributed by atoms with Crippen molar-refractivity contribution in [1.29, 1.82) is 0 Å². The molecule has 1 aliphatic heterocycles. The molecule has 0 spiro atoms. The van der Waals surface area contributed by atoms with Crippen molar-refractivity contribution in [2.45, 2.75) is 19.4 Å². The molecule has 0 saturated heterocycles. The van der Waals surface area contributed by atoms with Gasteiger partial charge in [-0.1, -0.05) is 6.08 Å². The molecular weight excluding hydrogens is 176 g/mol. The molecule has 1 aromatic carbocycles. The Morgan fingerprint density at radius 2 is 2.21 bits per heavy atom. The lowest BCUT2D eigenvalue weighted by Gasteiger charge is -2.27. The third-order valence-corrected chi connectivity index (χ3v) is 2.17. The minimum Gasteiger partial charge on any atom is -0.497 e. The van der Waals surface area contributed by atoms with Crippen molar-refractivity contribution in [3.63, 3.8) is 0 Å². The Hall–Kier alpha value is -1.44. The first-order chi connectivity index (χ1) is 6.61. The molecule has 0 unspecified atom stereocenters. The number of methoxy groups -OCH3 is 1. The van der Waals surface area contributed by atoms with E-state index >= 15 is 0 Å². The van der Waals surface area contributed by atoms with Crippen molar-refractivity contribution in [3.8, 4) is 11.5 Å². The minimum atomic E-state index is -0.238. The second kappa shape index (κ2) is 3.05. The van der Waals surface area contributed by atoms with Crippen LogP contribution in [0.25, 0.3) is 6.08 Å². The first-order valence-corrected chi connectivity index (χ1v) is 4.59. The molecule has 2 heteroatoms. The largest absolute Gasteiger partial charge is 0.497 e. The predicted octanol–water partition coefficient (Wildman–Crippen LogP) is 2.68. The molecule has 14 heavy (non-hydrogen) atoms. The normalized spacial score (nSPS) is 17.1. The van der Waals surface area contributed by atoms with E-state index in [9.17, 15) is 0 Å². The highest BCUT2D eigenvalue weighted by Crippen LogP contribution is 2.32. The maximum Gasteiger partial charge on any atom is 0.136 e. The zero-order valence-electron chi connectivity index (χ0n) is 8.63. The van der Waals surface area contributed by atoms with Gasteiger partial charge in [-0.25, -0.2) is 0 Å². The van der Waals surface area contributed by atoms with Crippen LogP contribution in [0.2, 0.25) is 0 Å². The molecule has 0 saturated carbocycles. The smallest absolute Gasteiger partial charge is 0.136 e. The molecule has 2 nitrogen and oxygen atoms in total. The molecule has 0 aliphatic carbocycles. The average molecular weight is 189 g/mol. The Balaban J connectivity index is 2.41. The van der Waals surface area contributed by atoms with Crippen LogP contribution in [0.1, 0.15) is 19.4 Å². The van der Waals surface area contributed by atoms with E-state index in [1.54, 1.807) is 13.2 Å². The fraction of sp³-hybridized carbons (Fsp3) is 0.333. The van der Waals surface area contributed by atoms with E-state index in [0.29, 0.717) is 0 Å². The van der Waals surface area contributed by atoms with Gasteiger partial charge in [-0.15, -0.1) is 0 Å². The molecule has 73 valence electrons. The van der Waals surface area contributed by atoms with Crippen LogP contribution in [0, 0.1) is 6.07 Å². The Morgan fingerprint density at radius 3 is 2.93 bits per heavy atom. The van der Waals surface area contributed by atoms with Gasteiger partial charge in [-0.3, -0.25) is 0 Å². The topological polar surface area (TPSA) is 18.5 Å². The zero-order valence-corrected chi connectivity index (χ0v) is 8.63. The third kappa shape index (κ3) is 1.60. The highest BCUT2D eigenvalue weighted by Gasteiger charge is 2.21. The van der Waals surface area contributed by atoms with Gasteiger partial charge in [0.25, 0.3) is 0 Å². The second-order valence-corrected chi connectivity index (χ2v) is 3.86. The molecule has 0 atom stereocenters. The Labute approximate surface area is 84.2 Å². The van der Waals surface area contributed by atoms with Crippen molar-refractivity contribution >= 4 is 6.08 Å². The summed E-state index contributed by atoms with van der Waals surface area (Å²) in [6.07, 6.45) is 4.07. The molecule has 1 heterocycles. The third-order valence-electron chi connectivity index (χ3n) is 2.17. The number of hydrogen-bond acceptors (Lipinski definition) is 2. The van der Waals surface area contributed by atoms with Crippen LogP contribution < -0.4 is 9.47 Å². The maximum atomic E-state index is 5.72. The van der Waals surface area contributed by atoms with Crippen LogP contribution in [-0.4, -0.2) is 12.7 Å². The standard InChI is InChI=1S/C12H13O2/c1-12(2)7-6-9-8-10(13-3)4-5-11(9)14-12/h4,6-8H,1-3H3. The monoisotopic (exact) mass is 189 g/mol. The summed E-state index contributed by atoms with van der Waals surface area (Å²) in [6.45, 7) is 4.04. The molecule has 0 aromatic heterocycles. The van der Waals surface area contributed by atoms with Crippen molar-refractivity contribution < 1.29 is 9.47 Å². The fourth-order valence-electron chi connectivity index (χ4n) is 1.40. The summed E-state index contributed by atoms with van der Waals surface area (Å²) in [4.78, 5) is 0. The number of hydrogen-bond donors (Lipinski definition) is 0. The minimum absolute atomic E-state index is 0.238. The van der Waals surface area contributed by atoms with E-state index in [1.165, 1.54) is 0 Å². The second-order valence-electron chi connectivity index (χ2n) is 3.86. The number of fused-ring (bicyclic) bond motifs is 1. The summed E-state index contributed by atoms with van der Waals surface area (Å²) in [6, 6.07) is 6.79. The molecule has 0 fully saturated rings. The van der Waals surface area contributed by atoms with E-state index in [2.05, 4.69) is 6.07 Å². The molecule has 1 aromatic rings. The number of benzene rings is 1. The van der Waals surface area contributed by atoms with Gasteiger partial charge in [-0.2, -0.15) is 0 Å². The van der Waals surface area contributed by atoms with Gasteiger partial charge in [0.05, 0.1) is 7.11 Å². The summed E-state index contributed by atoms with van der Waals surface area (Å²) in [5, 5.41) is 0. The van der Waals surface area contributed by atoms with Crippen LogP contribution in [0.3, 0.4) is 0 Å². The van der Waals surface area contributed by atoms with Gasteiger partial charge in [0.15, 0.2) is 0 Å². The summed E-state index contributed by atoms with van der Waals surface area (Å²) < 4.78 is 10.8. The van der Waals surface area contributed by atoms with Crippen LogP contribution in [-0.2, 0) is 0 Å². The van der Waals surface area contributed by atoms with Crippen LogP contribution >= 0.6 is 0 Å². The van der Waals surface area contributed by atoms with Crippen molar-refractivity contribution in [2.75, 3.05) is 7.11 Å². The Kier molecular flexibility index (Phi) is 1.99. The average Bonchev–Trinajstić information content (AvgIpc) is 2.16. The Bertz CT molecular complexity index is 378. The highest BCUT2D eigenvalue weighted by molar-refractivity contribution is 5.62. The van der Waals surface area contributed by atoms with E-state index in [1.807, 2.05) is 32.1 Å². The van der Waals surface area contributed by atoms with E-state index in [4.69, 9.17) is 9.47 Å². The molecule has 1 aliphatic rings. The van der Waals surface area contributed by atoms with E-state index in [-0.39, 0.29) is 5.60 Å². The maximum absolute atomic E-state index is 5.72. The summed E-state index contributed by atoms with van der Waals surface area (Å²) >= 11 is 0. The van der Waals surface area contributed by atoms with Gasteiger partial charge in [-0.05, 0) is 32.1 Å². The zero-order chi connectivity index (χ0) is 10.2. The van der Waals surface area contributed by atoms with E-state index < -0.39 is 0 Å². The molecule has 0 bridgehead atoms. The summed E-state index contributed by atoms with van der Waals surface area (Å²) in [5.74, 6) is 1.59. The lowest BCUT2D eigenvalue weighted by atomic mass is 10.0. The first-order valence-electron chi connectivity index (χ1n) is 4.59. The van der Waals surface area contributed by atoms with E-state index in [0.717, 1.165) is 17.1 Å². The SMILES string of the molecule is COc1c[c]c2c(c1)C=CC(C)(C)O2. The van der Waals surface area contributed by atoms with Gasteiger partial charge in [0, 0.05) is 11.6 Å². The Morgan fingerprint density at radius 1 is 1.43 bits per heavy atom. The van der Waals surface area contributed by atoms with Gasteiger partial charge < -0.3 is 9.47 Å². The molecule has 1 radical (unpaired) electrons. The van der Waals surface area contributed by atoms with Crippen molar-refractivity contribution in [2.24, 2.45) is 0 Å². The summed E-state index contributed by atoms with van der Waals surface area (Å²) in [5.41, 5.74) is 0.779. The molecule has 0 N–H and O–H groups in total. The van der Waals surface area contributed by atoms with Crippen LogP contribution in [0.15, 0.2) is 18.2 Å². The predicted molar refractivity (Wildman–Crippen MR) is 55.6 cm³/mol. The fourth-order valence-corrected chi connectivity index (χ4v) is 1.40. The highest BCUT2D eigenvalue weighted by atomic mass is 16.5. The number of rotatable bonds is 1. The lowest BCUT2D eigenvalue weighted by molar-refractivity contribution is 0.158. The van der Waals surface area contributed by atoms with Crippen LogP contribution in [0.4, 0.5) is 0 Å². The summed E-state index contributed by atoms with van der Waals surface area (Å²) in [7, 11) is 1.65. The van der Waals surface area contributed by atoms with Gasteiger partial charge >= 0.3 is 0 Å².